The first-order valence-electron chi connectivity index (χ1n) is 7.06. The fourth-order valence-corrected chi connectivity index (χ4v) is 2.83. The van der Waals surface area contributed by atoms with Crippen molar-refractivity contribution in [3.63, 3.8) is 0 Å². The van der Waals surface area contributed by atoms with Gasteiger partial charge in [-0.15, -0.1) is 0 Å². The zero-order valence-corrected chi connectivity index (χ0v) is 14.2. The van der Waals surface area contributed by atoms with Gasteiger partial charge >= 0.3 is 0 Å². The zero-order chi connectivity index (χ0) is 16.0. The highest BCUT2D eigenvalue weighted by molar-refractivity contribution is 7.07. The quantitative estimate of drug-likeness (QED) is 0.804. The summed E-state index contributed by atoms with van der Waals surface area (Å²) in [5.74, 6) is -0.277. The Balaban J connectivity index is 2.66. The van der Waals surface area contributed by atoms with Crippen LogP contribution >= 0.6 is 11.3 Å². The highest BCUT2D eigenvalue weighted by atomic mass is 32.1. The average molecular weight is 311 g/mol. The number of nitrogens with one attached hydrogen (secondary N) is 2. The number of nitrogens with zero attached hydrogens (tertiary/aromatic N) is 1. The maximum atomic E-state index is 12.3. The Morgan fingerprint density at radius 2 is 2.00 bits per heavy atom. The van der Waals surface area contributed by atoms with E-state index >= 15 is 0 Å². The molecule has 2 N–H and O–H groups in total. The number of hydrogen-bond donors (Lipinski definition) is 2. The maximum absolute atomic E-state index is 12.3. The summed E-state index contributed by atoms with van der Waals surface area (Å²) in [4.78, 5) is 25.5. The molecule has 1 aromatic heterocycles. The largest absolute Gasteiger partial charge is 0.352 e. The summed E-state index contributed by atoms with van der Waals surface area (Å²) in [7, 11) is 3.98. The molecule has 0 fully saturated rings. The van der Waals surface area contributed by atoms with Gasteiger partial charge in [0.2, 0.25) is 11.8 Å². The third-order valence-corrected chi connectivity index (χ3v) is 4.03. The normalized spacial score (nSPS) is 14.0. The monoisotopic (exact) mass is 311 g/mol. The fourth-order valence-electron chi connectivity index (χ4n) is 2.12. The Hall–Kier alpha value is -1.40. The lowest BCUT2D eigenvalue weighted by molar-refractivity contribution is -0.129. The molecule has 0 aliphatic rings. The standard InChI is InChI=1S/C15H25N3O2S/c1-10(2)14(17-11(3)19)15(20)16-8-13(18(4)5)12-6-7-21-9-12/h6-7,9-10,13-14H,8H2,1-5H3,(H,16,20)(H,17,19)/t13-,14+/m0/s1. The van der Waals surface area contributed by atoms with Crippen LogP contribution in [0.1, 0.15) is 32.4 Å². The van der Waals surface area contributed by atoms with Crippen molar-refractivity contribution in [1.29, 1.82) is 0 Å². The van der Waals surface area contributed by atoms with E-state index in [-0.39, 0.29) is 23.8 Å². The van der Waals surface area contributed by atoms with Crippen LogP contribution in [0, 0.1) is 5.92 Å². The number of amides is 2. The number of hydrogen-bond acceptors (Lipinski definition) is 4. The lowest BCUT2D eigenvalue weighted by atomic mass is 10.0. The van der Waals surface area contributed by atoms with Gasteiger partial charge < -0.3 is 15.5 Å². The van der Waals surface area contributed by atoms with Crippen LogP contribution in [0.4, 0.5) is 0 Å². The molecule has 6 heteroatoms. The highest BCUT2D eigenvalue weighted by Gasteiger charge is 2.24. The minimum Gasteiger partial charge on any atom is -0.352 e. The van der Waals surface area contributed by atoms with Crippen molar-refractivity contribution in [3.8, 4) is 0 Å². The molecular formula is C15H25N3O2S. The van der Waals surface area contributed by atoms with Crippen molar-refractivity contribution in [2.45, 2.75) is 32.9 Å². The maximum Gasteiger partial charge on any atom is 0.242 e. The molecule has 0 aliphatic heterocycles. The van der Waals surface area contributed by atoms with Crippen LogP contribution in [0.3, 0.4) is 0 Å². The molecule has 1 rings (SSSR count). The summed E-state index contributed by atoms with van der Waals surface area (Å²) in [5, 5.41) is 9.77. The average Bonchev–Trinajstić information content (AvgIpc) is 2.88. The molecule has 118 valence electrons. The van der Waals surface area contributed by atoms with Gasteiger partial charge in [0.05, 0.1) is 6.04 Å². The van der Waals surface area contributed by atoms with Gasteiger partial charge in [-0.1, -0.05) is 13.8 Å². The van der Waals surface area contributed by atoms with Gasteiger partial charge in [-0.25, -0.2) is 0 Å². The van der Waals surface area contributed by atoms with Crippen LogP contribution in [-0.2, 0) is 9.59 Å². The molecule has 2 amide bonds. The van der Waals surface area contributed by atoms with Gasteiger partial charge in [0.25, 0.3) is 0 Å². The Kier molecular flexibility index (Phi) is 6.84. The molecule has 1 aromatic rings. The van der Waals surface area contributed by atoms with Crippen molar-refractivity contribution in [2.24, 2.45) is 5.92 Å². The molecule has 2 atom stereocenters. The first-order valence-corrected chi connectivity index (χ1v) is 8.00. The Labute approximate surface area is 130 Å². The minimum absolute atomic E-state index is 0.0489. The second-order valence-corrected chi connectivity index (χ2v) is 6.48. The smallest absolute Gasteiger partial charge is 0.242 e. The minimum atomic E-state index is -0.493. The van der Waals surface area contributed by atoms with Crippen LogP contribution in [0.2, 0.25) is 0 Å². The van der Waals surface area contributed by atoms with E-state index in [0.29, 0.717) is 6.54 Å². The second-order valence-electron chi connectivity index (χ2n) is 5.70. The van der Waals surface area contributed by atoms with E-state index in [1.165, 1.54) is 12.5 Å². The Morgan fingerprint density at radius 1 is 1.33 bits per heavy atom. The van der Waals surface area contributed by atoms with Crippen LogP contribution in [-0.4, -0.2) is 43.4 Å². The molecule has 0 aromatic carbocycles. The topological polar surface area (TPSA) is 61.4 Å². The molecular weight excluding hydrogens is 286 g/mol. The molecule has 0 saturated carbocycles. The van der Waals surface area contributed by atoms with Crippen molar-refractivity contribution in [2.75, 3.05) is 20.6 Å². The lowest BCUT2D eigenvalue weighted by Gasteiger charge is -2.26. The van der Waals surface area contributed by atoms with E-state index in [1.54, 1.807) is 11.3 Å². The van der Waals surface area contributed by atoms with Crippen molar-refractivity contribution < 1.29 is 9.59 Å². The molecule has 0 saturated heterocycles. The number of rotatable bonds is 7. The van der Waals surface area contributed by atoms with Gasteiger partial charge in [0.15, 0.2) is 0 Å². The van der Waals surface area contributed by atoms with E-state index in [9.17, 15) is 9.59 Å². The van der Waals surface area contributed by atoms with Gasteiger partial charge in [-0.3, -0.25) is 9.59 Å². The van der Waals surface area contributed by atoms with E-state index < -0.39 is 6.04 Å². The highest BCUT2D eigenvalue weighted by Crippen LogP contribution is 2.20. The summed E-state index contributed by atoms with van der Waals surface area (Å²) in [6, 6.07) is 1.70. The molecule has 0 spiro atoms. The number of carbonyl (C=O) groups excluding carboxylic acids is 2. The predicted molar refractivity (Wildman–Crippen MR) is 86.2 cm³/mol. The van der Waals surface area contributed by atoms with Crippen LogP contribution in [0.5, 0.6) is 0 Å². The molecule has 5 nitrogen and oxygen atoms in total. The molecule has 21 heavy (non-hydrogen) atoms. The first-order chi connectivity index (χ1) is 9.82. The lowest BCUT2D eigenvalue weighted by Crippen LogP contribution is -2.50. The van der Waals surface area contributed by atoms with Crippen molar-refractivity contribution in [1.82, 2.24) is 15.5 Å². The summed E-state index contributed by atoms with van der Waals surface area (Å²) < 4.78 is 0. The van der Waals surface area contributed by atoms with Gasteiger partial charge in [-0.05, 0) is 42.4 Å². The van der Waals surface area contributed by atoms with Gasteiger partial charge in [0.1, 0.15) is 6.04 Å². The van der Waals surface area contributed by atoms with Gasteiger partial charge in [0, 0.05) is 13.5 Å². The zero-order valence-electron chi connectivity index (χ0n) is 13.3. The SMILES string of the molecule is CC(=O)N[C@@H](C(=O)NC[C@@H](c1ccsc1)N(C)C)C(C)C. The first kappa shape index (κ1) is 17.7. The number of thiophene rings is 1. The Morgan fingerprint density at radius 3 is 2.43 bits per heavy atom. The fraction of sp³-hybridized carbons (Fsp3) is 0.600. The van der Waals surface area contributed by atoms with E-state index in [1.807, 2.05) is 33.3 Å². The third kappa shape index (κ3) is 5.47. The van der Waals surface area contributed by atoms with Crippen molar-refractivity contribution in [3.05, 3.63) is 22.4 Å². The summed E-state index contributed by atoms with van der Waals surface area (Å²) in [6.45, 7) is 5.78. The number of likely N-dealkylation sites (N-methyl/N-ethyl adjacent to an activating group) is 1. The molecule has 0 bridgehead atoms. The van der Waals surface area contributed by atoms with Gasteiger partial charge in [-0.2, -0.15) is 11.3 Å². The number of carbonyl (C=O) groups is 2. The molecule has 0 radical (unpaired) electrons. The van der Waals surface area contributed by atoms with E-state index in [2.05, 4.69) is 27.0 Å². The summed E-state index contributed by atoms with van der Waals surface area (Å²) in [6.07, 6.45) is 0. The van der Waals surface area contributed by atoms with Crippen LogP contribution in [0.25, 0.3) is 0 Å². The summed E-state index contributed by atoms with van der Waals surface area (Å²) >= 11 is 1.64. The molecule has 1 heterocycles. The van der Waals surface area contributed by atoms with Crippen LogP contribution < -0.4 is 10.6 Å². The summed E-state index contributed by atoms with van der Waals surface area (Å²) in [5.41, 5.74) is 1.19. The van der Waals surface area contributed by atoms with Crippen molar-refractivity contribution >= 4 is 23.2 Å². The second kappa shape index (κ2) is 8.14. The molecule has 0 unspecified atom stereocenters. The Bertz CT molecular complexity index is 457. The molecule has 0 aliphatic carbocycles. The van der Waals surface area contributed by atoms with E-state index in [0.717, 1.165) is 0 Å². The third-order valence-electron chi connectivity index (χ3n) is 3.33. The van der Waals surface area contributed by atoms with Crippen LogP contribution in [0.15, 0.2) is 16.8 Å². The van der Waals surface area contributed by atoms with E-state index in [4.69, 9.17) is 0 Å². The predicted octanol–water partition coefficient (Wildman–Crippen LogP) is 1.63.